The minimum absolute atomic E-state index is 0.107. The first-order valence-corrected chi connectivity index (χ1v) is 7.85. The lowest BCUT2D eigenvalue weighted by atomic mass is 10.1. The van der Waals surface area contributed by atoms with E-state index in [1.54, 1.807) is 23.0 Å². The molecule has 0 unspecified atom stereocenters. The molecule has 3 rings (SSSR count). The molecule has 0 aliphatic rings. The van der Waals surface area contributed by atoms with E-state index in [4.69, 9.17) is 16.7 Å². The van der Waals surface area contributed by atoms with Gasteiger partial charge in [0.25, 0.3) is 5.91 Å². The zero-order valence-electron chi connectivity index (χ0n) is 12.8. The largest absolute Gasteiger partial charge is 0.396 e. The monoisotopic (exact) mass is 341 g/mol. The van der Waals surface area contributed by atoms with Gasteiger partial charge in [0.1, 0.15) is 0 Å². The number of aromatic nitrogens is 2. The number of amides is 1. The van der Waals surface area contributed by atoms with Crippen LogP contribution in [0.5, 0.6) is 0 Å². The highest BCUT2D eigenvalue weighted by molar-refractivity contribution is 6.30. The van der Waals surface area contributed by atoms with E-state index < -0.39 is 0 Å². The SMILES string of the molecule is O=C(Nc1ccc(CCO)cc1)c1cnn(-c2ccc(Cl)cc2)c1. The summed E-state index contributed by atoms with van der Waals surface area (Å²) >= 11 is 5.87. The van der Waals surface area contributed by atoms with Gasteiger partial charge in [-0.3, -0.25) is 4.79 Å². The highest BCUT2D eigenvalue weighted by atomic mass is 35.5. The third-order valence-corrected chi connectivity index (χ3v) is 3.80. The van der Waals surface area contributed by atoms with Crippen molar-refractivity contribution in [1.82, 2.24) is 9.78 Å². The molecule has 0 fully saturated rings. The summed E-state index contributed by atoms with van der Waals surface area (Å²) in [4.78, 5) is 12.3. The Labute approximate surface area is 144 Å². The molecule has 0 atom stereocenters. The van der Waals surface area contributed by atoms with E-state index in [-0.39, 0.29) is 12.5 Å². The number of carbonyl (C=O) groups excluding carboxylic acids is 1. The number of halogens is 1. The number of aliphatic hydroxyl groups is 1. The summed E-state index contributed by atoms with van der Waals surface area (Å²) in [7, 11) is 0. The first-order chi connectivity index (χ1) is 11.7. The van der Waals surface area contributed by atoms with Crippen molar-refractivity contribution in [2.24, 2.45) is 0 Å². The van der Waals surface area contributed by atoms with E-state index in [1.165, 1.54) is 6.20 Å². The van der Waals surface area contributed by atoms with Crippen molar-refractivity contribution in [3.05, 3.63) is 77.1 Å². The van der Waals surface area contributed by atoms with Gasteiger partial charge in [-0.05, 0) is 48.4 Å². The number of carbonyl (C=O) groups is 1. The van der Waals surface area contributed by atoms with E-state index in [0.29, 0.717) is 22.7 Å². The number of nitrogens with zero attached hydrogens (tertiary/aromatic N) is 2. The van der Waals surface area contributed by atoms with Crippen molar-refractivity contribution in [2.45, 2.75) is 6.42 Å². The number of rotatable bonds is 5. The summed E-state index contributed by atoms with van der Waals surface area (Å²) in [6.07, 6.45) is 3.78. The first kappa shape index (κ1) is 16.2. The third-order valence-electron chi connectivity index (χ3n) is 3.55. The fourth-order valence-electron chi connectivity index (χ4n) is 2.26. The topological polar surface area (TPSA) is 67.2 Å². The van der Waals surface area contributed by atoms with Gasteiger partial charge < -0.3 is 10.4 Å². The van der Waals surface area contributed by atoms with Gasteiger partial charge in [0, 0.05) is 23.5 Å². The van der Waals surface area contributed by atoms with Crippen molar-refractivity contribution in [3.8, 4) is 5.69 Å². The van der Waals surface area contributed by atoms with E-state index in [2.05, 4.69) is 10.4 Å². The Bertz CT molecular complexity index is 826. The lowest BCUT2D eigenvalue weighted by molar-refractivity contribution is 0.102. The quantitative estimate of drug-likeness (QED) is 0.748. The van der Waals surface area contributed by atoms with Gasteiger partial charge in [0.15, 0.2) is 0 Å². The van der Waals surface area contributed by atoms with Crippen LogP contribution in [0.4, 0.5) is 5.69 Å². The highest BCUT2D eigenvalue weighted by Crippen LogP contribution is 2.15. The lowest BCUT2D eigenvalue weighted by Crippen LogP contribution is -2.11. The van der Waals surface area contributed by atoms with Crippen molar-refractivity contribution >= 4 is 23.2 Å². The second-order valence-corrected chi connectivity index (χ2v) is 5.71. The normalized spacial score (nSPS) is 10.6. The molecule has 2 N–H and O–H groups in total. The standard InChI is InChI=1S/C18H16ClN3O2/c19-15-3-7-17(8-4-15)22-12-14(11-20-22)18(24)21-16-5-1-13(2-6-16)9-10-23/h1-8,11-12,23H,9-10H2,(H,21,24). The average molecular weight is 342 g/mol. The van der Waals surface area contributed by atoms with Crippen LogP contribution in [0.25, 0.3) is 5.69 Å². The van der Waals surface area contributed by atoms with Gasteiger partial charge in [-0.1, -0.05) is 23.7 Å². The van der Waals surface area contributed by atoms with Crippen molar-refractivity contribution < 1.29 is 9.90 Å². The fourth-order valence-corrected chi connectivity index (χ4v) is 2.39. The Kier molecular flexibility index (Phi) is 4.93. The predicted octanol–water partition coefficient (Wildman–Crippen LogP) is 3.31. The second kappa shape index (κ2) is 7.29. The van der Waals surface area contributed by atoms with E-state index >= 15 is 0 Å². The van der Waals surface area contributed by atoms with E-state index in [9.17, 15) is 4.79 Å². The molecule has 5 nitrogen and oxygen atoms in total. The summed E-state index contributed by atoms with van der Waals surface area (Å²) in [6, 6.07) is 14.6. The second-order valence-electron chi connectivity index (χ2n) is 5.27. The molecule has 2 aromatic carbocycles. The maximum Gasteiger partial charge on any atom is 0.258 e. The van der Waals surface area contributed by atoms with Crippen molar-refractivity contribution in [3.63, 3.8) is 0 Å². The van der Waals surface area contributed by atoms with E-state index in [1.807, 2.05) is 36.4 Å². The van der Waals surface area contributed by atoms with Crippen LogP contribution in [0, 0.1) is 0 Å². The maximum atomic E-state index is 12.3. The van der Waals surface area contributed by atoms with Crippen LogP contribution in [0.2, 0.25) is 5.02 Å². The molecule has 6 heteroatoms. The molecular weight excluding hydrogens is 326 g/mol. The Morgan fingerprint density at radius 2 is 1.83 bits per heavy atom. The number of benzene rings is 2. The summed E-state index contributed by atoms with van der Waals surface area (Å²) < 4.78 is 1.62. The van der Waals surface area contributed by atoms with Gasteiger partial charge in [-0.15, -0.1) is 0 Å². The van der Waals surface area contributed by atoms with Crippen LogP contribution >= 0.6 is 11.6 Å². The van der Waals surface area contributed by atoms with Gasteiger partial charge >= 0.3 is 0 Å². The number of nitrogens with one attached hydrogen (secondary N) is 1. The highest BCUT2D eigenvalue weighted by Gasteiger charge is 2.10. The zero-order chi connectivity index (χ0) is 16.9. The van der Waals surface area contributed by atoms with Gasteiger partial charge in [-0.25, -0.2) is 4.68 Å². The molecule has 1 amide bonds. The van der Waals surface area contributed by atoms with Gasteiger partial charge in [0.05, 0.1) is 17.4 Å². The molecule has 0 spiro atoms. The molecule has 0 aliphatic carbocycles. The van der Waals surface area contributed by atoms with Crippen LogP contribution in [0.1, 0.15) is 15.9 Å². The molecule has 0 radical (unpaired) electrons. The predicted molar refractivity (Wildman–Crippen MR) is 93.8 cm³/mol. The molecule has 122 valence electrons. The van der Waals surface area contributed by atoms with Crippen LogP contribution in [-0.4, -0.2) is 27.4 Å². The van der Waals surface area contributed by atoms with Gasteiger partial charge in [-0.2, -0.15) is 5.10 Å². The van der Waals surface area contributed by atoms with E-state index in [0.717, 1.165) is 11.3 Å². The fraction of sp³-hybridized carbons (Fsp3) is 0.111. The summed E-state index contributed by atoms with van der Waals surface area (Å²) in [5, 5.41) is 16.6. The van der Waals surface area contributed by atoms with Crippen LogP contribution < -0.4 is 5.32 Å². The van der Waals surface area contributed by atoms with Crippen molar-refractivity contribution in [1.29, 1.82) is 0 Å². The molecule has 0 saturated heterocycles. The summed E-state index contributed by atoms with van der Waals surface area (Å²) in [5.41, 5.74) is 3.00. The molecular formula is C18H16ClN3O2. The molecule has 1 aromatic heterocycles. The summed E-state index contributed by atoms with van der Waals surface area (Å²) in [5.74, 6) is -0.231. The number of aliphatic hydroxyl groups excluding tert-OH is 1. The Hall–Kier alpha value is -2.63. The molecule has 3 aromatic rings. The minimum Gasteiger partial charge on any atom is -0.396 e. The van der Waals surface area contributed by atoms with Crippen LogP contribution in [0.3, 0.4) is 0 Å². The number of hydrogen-bond acceptors (Lipinski definition) is 3. The molecule has 24 heavy (non-hydrogen) atoms. The van der Waals surface area contributed by atoms with Crippen molar-refractivity contribution in [2.75, 3.05) is 11.9 Å². The lowest BCUT2D eigenvalue weighted by Gasteiger charge is -2.05. The zero-order valence-corrected chi connectivity index (χ0v) is 13.6. The number of hydrogen-bond donors (Lipinski definition) is 2. The average Bonchev–Trinajstić information content (AvgIpc) is 3.08. The minimum atomic E-state index is -0.231. The number of anilines is 1. The van der Waals surface area contributed by atoms with Crippen LogP contribution in [-0.2, 0) is 6.42 Å². The molecule has 1 heterocycles. The third kappa shape index (κ3) is 3.82. The first-order valence-electron chi connectivity index (χ1n) is 7.47. The Morgan fingerprint density at radius 1 is 1.12 bits per heavy atom. The smallest absolute Gasteiger partial charge is 0.258 e. The molecule has 0 bridgehead atoms. The molecule has 0 saturated carbocycles. The molecule has 0 aliphatic heterocycles. The van der Waals surface area contributed by atoms with Gasteiger partial charge in [0.2, 0.25) is 0 Å². The maximum absolute atomic E-state index is 12.3. The summed E-state index contributed by atoms with van der Waals surface area (Å²) in [6.45, 7) is 0.107. The van der Waals surface area contributed by atoms with Crippen LogP contribution in [0.15, 0.2) is 60.9 Å². The Morgan fingerprint density at radius 3 is 2.50 bits per heavy atom. The Balaban J connectivity index is 1.70.